The van der Waals surface area contributed by atoms with Crippen molar-refractivity contribution in [1.82, 2.24) is 9.80 Å². The maximum absolute atomic E-state index is 6.08. The average Bonchev–Trinajstić information content (AvgIpc) is 3.14. The van der Waals surface area contributed by atoms with E-state index in [2.05, 4.69) is 30.0 Å². The van der Waals surface area contributed by atoms with Crippen molar-refractivity contribution in [3.8, 4) is 0 Å². The van der Waals surface area contributed by atoms with Crippen LogP contribution in [0.15, 0.2) is 22.8 Å². The van der Waals surface area contributed by atoms with Crippen LogP contribution in [0.1, 0.15) is 18.6 Å². The van der Waals surface area contributed by atoms with Crippen LogP contribution in [0.3, 0.4) is 0 Å². The van der Waals surface area contributed by atoms with Gasteiger partial charge in [-0.05, 0) is 39.1 Å². The Balaban J connectivity index is 1.49. The van der Waals surface area contributed by atoms with E-state index < -0.39 is 0 Å². The molecule has 1 aliphatic carbocycles. The fourth-order valence-electron chi connectivity index (χ4n) is 3.60. The number of hydrogen-bond donors (Lipinski definition) is 0. The highest BCUT2D eigenvalue weighted by Crippen LogP contribution is 2.35. The van der Waals surface area contributed by atoms with Crippen molar-refractivity contribution < 1.29 is 13.9 Å². The minimum atomic E-state index is 0.322. The molecule has 0 amide bonds. The third-order valence-corrected chi connectivity index (χ3v) is 4.79. The van der Waals surface area contributed by atoms with Crippen molar-refractivity contribution in [2.45, 2.75) is 31.5 Å². The lowest BCUT2D eigenvalue weighted by Gasteiger charge is -2.38. The van der Waals surface area contributed by atoms with Crippen molar-refractivity contribution in [3.05, 3.63) is 24.2 Å². The van der Waals surface area contributed by atoms with E-state index in [0.29, 0.717) is 18.1 Å². The van der Waals surface area contributed by atoms with Crippen molar-refractivity contribution in [2.75, 3.05) is 47.0 Å². The van der Waals surface area contributed by atoms with Gasteiger partial charge in [-0.3, -0.25) is 4.90 Å². The average molecular weight is 308 g/mol. The number of ether oxygens (including phenoxy) is 2. The molecule has 1 aliphatic heterocycles. The van der Waals surface area contributed by atoms with Crippen LogP contribution in [0.25, 0.3) is 0 Å². The molecule has 1 saturated carbocycles. The maximum Gasteiger partial charge on any atom is 0.117 e. The highest BCUT2D eigenvalue weighted by Gasteiger charge is 2.42. The molecule has 2 fully saturated rings. The SMILES string of the molecule is CN(C)CCOC[C@@H]1CC[C@@H]2[C@@H]1OCCN2Cc1ccco1. The zero-order valence-electron chi connectivity index (χ0n) is 13.7. The first-order chi connectivity index (χ1) is 10.7. The predicted octanol–water partition coefficient (Wildman–Crippen LogP) is 1.84. The van der Waals surface area contributed by atoms with Crippen molar-refractivity contribution in [3.63, 3.8) is 0 Å². The van der Waals surface area contributed by atoms with Gasteiger partial charge in [0.1, 0.15) is 5.76 Å². The minimum Gasteiger partial charge on any atom is -0.468 e. The fourth-order valence-corrected chi connectivity index (χ4v) is 3.60. The van der Waals surface area contributed by atoms with Gasteiger partial charge in [0.25, 0.3) is 0 Å². The zero-order valence-corrected chi connectivity index (χ0v) is 13.7. The van der Waals surface area contributed by atoms with Crippen LogP contribution in [0, 0.1) is 5.92 Å². The van der Waals surface area contributed by atoms with Gasteiger partial charge in [-0.2, -0.15) is 0 Å². The molecule has 1 aromatic heterocycles. The van der Waals surface area contributed by atoms with Crippen LogP contribution < -0.4 is 0 Å². The quantitative estimate of drug-likeness (QED) is 0.719. The largest absolute Gasteiger partial charge is 0.468 e. The summed E-state index contributed by atoms with van der Waals surface area (Å²) in [6.07, 6.45) is 4.48. The third-order valence-electron chi connectivity index (χ3n) is 4.79. The van der Waals surface area contributed by atoms with Crippen LogP contribution in [-0.4, -0.2) is 69.0 Å². The van der Waals surface area contributed by atoms with Gasteiger partial charge in [0.15, 0.2) is 0 Å². The van der Waals surface area contributed by atoms with E-state index in [1.165, 1.54) is 12.8 Å². The number of furan rings is 1. The number of morpholine rings is 1. The number of rotatable bonds is 7. The Bertz CT molecular complexity index is 435. The van der Waals surface area contributed by atoms with Crippen LogP contribution in [0.5, 0.6) is 0 Å². The molecule has 0 spiro atoms. The summed E-state index contributed by atoms with van der Waals surface area (Å²) in [6, 6.07) is 4.53. The first-order valence-electron chi connectivity index (χ1n) is 8.34. The van der Waals surface area contributed by atoms with E-state index in [0.717, 1.165) is 45.2 Å². The van der Waals surface area contributed by atoms with Crippen LogP contribution >= 0.6 is 0 Å². The van der Waals surface area contributed by atoms with Crippen LogP contribution in [0.2, 0.25) is 0 Å². The lowest BCUT2D eigenvalue weighted by Crippen LogP contribution is -2.50. The van der Waals surface area contributed by atoms with Crippen LogP contribution in [-0.2, 0) is 16.0 Å². The third kappa shape index (κ3) is 3.90. The zero-order chi connectivity index (χ0) is 15.4. The van der Waals surface area contributed by atoms with Gasteiger partial charge >= 0.3 is 0 Å². The maximum atomic E-state index is 6.08. The summed E-state index contributed by atoms with van der Waals surface area (Å²) in [5, 5.41) is 0. The van der Waals surface area contributed by atoms with E-state index in [1.807, 2.05) is 6.07 Å². The molecule has 2 aliphatic rings. The summed E-state index contributed by atoms with van der Waals surface area (Å²) in [4.78, 5) is 4.67. The number of fused-ring (bicyclic) bond motifs is 1. The topological polar surface area (TPSA) is 38.1 Å². The molecular formula is C17H28N2O3. The summed E-state index contributed by atoms with van der Waals surface area (Å²) in [5.74, 6) is 1.58. The molecule has 3 atom stereocenters. The van der Waals surface area contributed by atoms with Crippen molar-refractivity contribution >= 4 is 0 Å². The Morgan fingerprint density at radius 3 is 3.05 bits per heavy atom. The molecule has 124 valence electrons. The normalized spacial score (nSPS) is 29.1. The van der Waals surface area contributed by atoms with E-state index >= 15 is 0 Å². The Hall–Kier alpha value is -0.880. The minimum absolute atomic E-state index is 0.322. The first kappa shape index (κ1) is 16.0. The molecule has 0 aromatic carbocycles. The Kier molecular flexibility index (Phi) is 5.52. The molecule has 0 radical (unpaired) electrons. The first-order valence-corrected chi connectivity index (χ1v) is 8.34. The number of likely N-dealkylation sites (N-methyl/N-ethyl adjacent to an activating group) is 1. The summed E-state index contributed by atoms with van der Waals surface area (Å²) >= 11 is 0. The van der Waals surface area contributed by atoms with Gasteiger partial charge in [-0.1, -0.05) is 0 Å². The van der Waals surface area contributed by atoms with E-state index in [1.54, 1.807) is 6.26 Å². The summed E-state index contributed by atoms with van der Waals surface area (Å²) in [6.45, 7) is 5.31. The highest BCUT2D eigenvalue weighted by molar-refractivity contribution is 5.01. The molecule has 0 N–H and O–H groups in total. The lowest BCUT2D eigenvalue weighted by atomic mass is 10.0. The molecule has 2 heterocycles. The molecular weight excluding hydrogens is 280 g/mol. The fraction of sp³-hybridized carbons (Fsp3) is 0.765. The highest BCUT2D eigenvalue weighted by atomic mass is 16.5. The smallest absolute Gasteiger partial charge is 0.117 e. The van der Waals surface area contributed by atoms with Gasteiger partial charge in [0.2, 0.25) is 0 Å². The molecule has 5 nitrogen and oxygen atoms in total. The molecule has 1 aromatic rings. The summed E-state index contributed by atoms with van der Waals surface area (Å²) in [5.41, 5.74) is 0. The Morgan fingerprint density at radius 2 is 2.27 bits per heavy atom. The number of hydrogen-bond acceptors (Lipinski definition) is 5. The second kappa shape index (κ2) is 7.59. The van der Waals surface area contributed by atoms with Gasteiger partial charge in [0, 0.05) is 25.0 Å². The van der Waals surface area contributed by atoms with E-state index in [9.17, 15) is 0 Å². The summed E-state index contributed by atoms with van der Waals surface area (Å²) < 4.78 is 17.4. The standard InChI is InChI=1S/C17H28N2O3/c1-18(2)7-10-20-13-14-5-6-16-17(14)22-11-8-19(16)12-15-4-3-9-21-15/h3-4,9,14,16-17H,5-8,10-13H2,1-2H3/t14-,16+,17+/m0/s1. The lowest BCUT2D eigenvalue weighted by molar-refractivity contribution is -0.0896. The molecule has 22 heavy (non-hydrogen) atoms. The van der Waals surface area contributed by atoms with Gasteiger partial charge in [-0.15, -0.1) is 0 Å². The monoisotopic (exact) mass is 308 g/mol. The van der Waals surface area contributed by atoms with Crippen molar-refractivity contribution in [2.24, 2.45) is 5.92 Å². The second-order valence-electron chi connectivity index (χ2n) is 6.67. The molecule has 5 heteroatoms. The van der Waals surface area contributed by atoms with Gasteiger partial charge in [0.05, 0.1) is 38.7 Å². The molecule has 1 saturated heterocycles. The molecule has 0 unspecified atom stereocenters. The van der Waals surface area contributed by atoms with Crippen LogP contribution in [0.4, 0.5) is 0 Å². The van der Waals surface area contributed by atoms with E-state index in [-0.39, 0.29) is 0 Å². The second-order valence-corrected chi connectivity index (χ2v) is 6.67. The Morgan fingerprint density at radius 1 is 1.36 bits per heavy atom. The number of nitrogens with zero attached hydrogens (tertiary/aromatic N) is 2. The predicted molar refractivity (Wildman–Crippen MR) is 84.7 cm³/mol. The van der Waals surface area contributed by atoms with Gasteiger partial charge in [-0.25, -0.2) is 0 Å². The summed E-state index contributed by atoms with van der Waals surface area (Å²) in [7, 11) is 4.15. The van der Waals surface area contributed by atoms with Crippen molar-refractivity contribution in [1.29, 1.82) is 0 Å². The Labute approximate surface area is 133 Å². The molecule has 0 bridgehead atoms. The van der Waals surface area contributed by atoms with Gasteiger partial charge < -0.3 is 18.8 Å². The van der Waals surface area contributed by atoms with E-state index in [4.69, 9.17) is 13.9 Å². The molecule has 3 rings (SSSR count).